The Morgan fingerprint density at radius 3 is 1.58 bits per heavy atom. The molecule has 8 atom stereocenters. The first-order chi connectivity index (χ1) is 19.1. The second-order valence-electron chi connectivity index (χ2n) is 16.8. The Hall–Kier alpha value is -0.357. The average Bonchev–Trinajstić information content (AvgIpc) is 3.54. The van der Waals surface area contributed by atoms with Crippen molar-refractivity contribution in [3.8, 4) is 0 Å². The molecule has 3 heteroatoms. The van der Waals surface area contributed by atoms with Gasteiger partial charge in [-0.2, -0.15) is 0 Å². The molecule has 8 unspecified atom stereocenters. The second kappa shape index (κ2) is 13.4. The fourth-order valence-electron chi connectivity index (χ4n) is 10.3. The van der Waals surface area contributed by atoms with Crippen LogP contribution >= 0.6 is 17.0 Å². The van der Waals surface area contributed by atoms with Gasteiger partial charge >= 0.3 is 37.9 Å². The maximum atomic E-state index is 4.93. The second-order valence-corrected chi connectivity index (χ2v) is 20.6. The molecule has 0 saturated heterocycles. The Morgan fingerprint density at radius 1 is 0.698 bits per heavy atom. The van der Waals surface area contributed by atoms with Crippen molar-refractivity contribution in [1.29, 1.82) is 0 Å². The first kappa shape index (κ1) is 37.1. The molecule has 0 heterocycles. The summed E-state index contributed by atoms with van der Waals surface area (Å²) in [5, 5.41) is 0. The molecule has 5 aliphatic rings. The van der Waals surface area contributed by atoms with Gasteiger partial charge in [0.05, 0.1) is 0 Å². The van der Waals surface area contributed by atoms with Crippen LogP contribution < -0.4 is 0 Å². The Labute approximate surface area is 284 Å². The maximum absolute atomic E-state index is 4.93. The van der Waals surface area contributed by atoms with Gasteiger partial charge in [0.25, 0.3) is 0 Å². The number of halogens is 2. The molecule has 3 saturated carbocycles. The summed E-state index contributed by atoms with van der Waals surface area (Å²) in [5.74, 6) is 5.60. The van der Waals surface area contributed by atoms with Crippen LogP contribution in [0.2, 0.25) is 0 Å². The molecule has 43 heavy (non-hydrogen) atoms. The van der Waals surface area contributed by atoms with Crippen molar-refractivity contribution >= 4 is 17.0 Å². The molecular weight excluding hydrogens is 643 g/mol. The van der Waals surface area contributed by atoms with Gasteiger partial charge in [0.1, 0.15) is 0 Å². The fourth-order valence-corrected chi connectivity index (χ4v) is 10.3. The molecular formula is C40H58Cl2Zr. The number of rotatable bonds is 2. The summed E-state index contributed by atoms with van der Waals surface area (Å²) in [7, 11) is 9.87. The Balaban J connectivity index is 0.000000973. The molecule has 3 fully saturated rings. The van der Waals surface area contributed by atoms with Gasteiger partial charge in [-0.1, -0.05) is 129 Å². The first-order valence-electron chi connectivity index (χ1n) is 15.9. The van der Waals surface area contributed by atoms with Gasteiger partial charge in [-0.15, -0.1) is 0 Å². The van der Waals surface area contributed by atoms with E-state index in [0.29, 0.717) is 40.4 Å². The molecule has 0 spiro atoms. The van der Waals surface area contributed by atoms with Crippen molar-refractivity contribution in [2.24, 2.45) is 63.1 Å². The van der Waals surface area contributed by atoms with Gasteiger partial charge in [0.15, 0.2) is 0 Å². The van der Waals surface area contributed by atoms with Gasteiger partial charge in [0.2, 0.25) is 0 Å². The molecule has 0 aliphatic heterocycles. The van der Waals surface area contributed by atoms with Crippen LogP contribution in [0.5, 0.6) is 0 Å². The van der Waals surface area contributed by atoms with Crippen LogP contribution in [-0.2, 0) is 20.8 Å². The molecule has 1 aromatic rings. The number of allylic oxidation sites excluding steroid dienone is 8. The predicted octanol–water partition coefficient (Wildman–Crippen LogP) is 12.7. The molecule has 236 valence electrons. The predicted molar refractivity (Wildman–Crippen MR) is 187 cm³/mol. The Kier molecular flexibility index (Phi) is 11.6. The van der Waals surface area contributed by atoms with Crippen LogP contribution in [0.1, 0.15) is 93.1 Å². The molecule has 0 aromatic heterocycles. The molecule has 0 nitrogen and oxygen atoms in total. The van der Waals surface area contributed by atoms with Crippen LogP contribution in [-0.4, -0.2) is 0 Å². The normalized spacial score (nSPS) is 36.8. The van der Waals surface area contributed by atoms with E-state index in [4.69, 9.17) is 17.0 Å². The van der Waals surface area contributed by atoms with Crippen molar-refractivity contribution in [2.45, 2.75) is 87.5 Å². The number of hydrogen-bond donors (Lipinski definition) is 0. The van der Waals surface area contributed by atoms with Crippen LogP contribution in [0.15, 0.2) is 77.9 Å². The quantitative estimate of drug-likeness (QED) is 0.270. The van der Waals surface area contributed by atoms with Crippen molar-refractivity contribution < 1.29 is 20.8 Å². The van der Waals surface area contributed by atoms with E-state index in [1.165, 1.54) is 19.3 Å². The zero-order valence-corrected chi connectivity index (χ0v) is 32.8. The van der Waals surface area contributed by atoms with Crippen molar-refractivity contribution in [2.75, 3.05) is 0 Å². The fraction of sp³-hybridized carbons (Fsp3) is 0.600. The Bertz CT molecular complexity index is 1170. The van der Waals surface area contributed by atoms with Gasteiger partial charge in [0, 0.05) is 0 Å². The molecule has 5 aliphatic carbocycles. The van der Waals surface area contributed by atoms with E-state index < -0.39 is 20.8 Å². The SMILES string of the molecule is CC(C)(C)C1=CC2C(C=C1)C1C=CC(C(C)(C)C)=CC1C2C1(C)CC(C)(C)C2CC(c3ccccc3)CC21.[CH3-].[CH3-].[Cl][Zr+2][Cl]. The van der Waals surface area contributed by atoms with Crippen LogP contribution in [0.25, 0.3) is 0 Å². The van der Waals surface area contributed by atoms with E-state index in [1.807, 2.05) is 0 Å². The summed E-state index contributed by atoms with van der Waals surface area (Å²) in [6.45, 7) is 22.4. The van der Waals surface area contributed by atoms with E-state index in [-0.39, 0.29) is 25.7 Å². The number of benzene rings is 1. The van der Waals surface area contributed by atoms with Crippen molar-refractivity contribution in [1.82, 2.24) is 0 Å². The summed E-state index contributed by atoms with van der Waals surface area (Å²) in [4.78, 5) is 0. The minimum absolute atomic E-state index is 0. The van der Waals surface area contributed by atoms with E-state index in [1.54, 1.807) is 16.7 Å². The third-order valence-electron chi connectivity index (χ3n) is 11.9. The molecule has 0 radical (unpaired) electrons. The molecule has 1 aromatic carbocycles. The zero-order valence-electron chi connectivity index (χ0n) is 28.8. The summed E-state index contributed by atoms with van der Waals surface area (Å²) >= 11 is -0.826. The summed E-state index contributed by atoms with van der Waals surface area (Å²) < 4.78 is 0. The third-order valence-corrected chi connectivity index (χ3v) is 11.9. The minimum atomic E-state index is -0.826. The van der Waals surface area contributed by atoms with E-state index in [2.05, 4.69) is 129 Å². The van der Waals surface area contributed by atoms with Gasteiger partial charge in [-0.25, -0.2) is 0 Å². The first-order valence-corrected chi connectivity index (χ1v) is 22.3. The summed E-state index contributed by atoms with van der Waals surface area (Å²) in [5.41, 5.74) is 5.84. The van der Waals surface area contributed by atoms with E-state index in [9.17, 15) is 0 Å². The molecule has 0 bridgehead atoms. The van der Waals surface area contributed by atoms with E-state index >= 15 is 0 Å². The average molecular weight is 701 g/mol. The van der Waals surface area contributed by atoms with Gasteiger partial charge in [-0.3, -0.25) is 0 Å². The van der Waals surface area contributed by atoms with Crippen LogP contribution in [0.4, 0.5) is 0 Å². The number of fused-ring (bicyclic) bond motifs is 4. The van der Waals surface area contributed by atoms with Crippen molar-refractivity contribution in [3.05, 3.63) is 98.4 Å². The van der Waals surface area contributed by atoms with Crippen LogP contribution in [0, 0.1) is 77.9 Å². The third kappa shape index (κ3) is 6.86. The monoisotopic (exact) mass is 698 g/mol. The number of hydrogen-bond acceptors (Lipinski definition) is 0. The topological polar surface area (TPSA) is 0 Å². The zero-order chi connectivity index (χ0) is 30.0. The standard InChI is InChI=1S/C38H52.2CH3.2ClH.Zr/c1-35(2,3)26-15-17-28-29-18-16-27(36(4,5)6)22-31(29)34(30(28)21-26)38(9)23-37(7,8)32-19-25(20-33(32)38)24-13-11-10-12-14-24;;;;;/h10-18,21-22,25,28-34H,19-20,23H2,1-9H3;2*1H3;2*1H;/q;2*-1;;;+4/p-2. The summed E-state index contributed by atoms with van der Waals surface area (Å²) in [6.07, 6.45) is 19.9. The summed E-state index contributed by atoms with van der Waals surface area (Å²) in [6, 6.07) is 11.5. The van der Waals surface area contributed by atoms with Crippen LogP contribution in [0.3, 0.4) is 0 Å². The Morgan fingerprint density at radius 2 is 1.14 bits per heavy atom. The molecule has 6 rings (SSSR count). The molecule has 0 N–H and O–H groups in total. The van der Waals surface area contributed by atoms with Gasteiger partial charge in [-0.05, 0) is 105 Å². The molecule has 0 amide bonds. The van der Waals surface area contributed by atoms with E-state index in [0.717, 1.165) is 17.8 Å². The van der Waals surface area contributed by atoms with Gasteiger partial charge < -0.3 is 14.9 Å². The van der Waals surface area contributed by atoms with Crippen molar-refractivity contribution in [3.63, 3.8) is 0 Å².